The number of carbonyl (C=O) groups excluding carboxylic acids is 1. The molecule has 0 spiro atoms. The van der Waals surface area contributed by atoms with E-state index in [-0.39, 0.29) is 23.9 Å². The van der Waals surface area contributed by atoms with Crippen LogP contribution in [-0.2, 0) is 18.2 Å². The molecule has 2 fully saturated rings. The number of nitrogens with one attached hydrogen (secondary N) is 2. The summed E-state index contributed by atoms with van der Waals surface area (Å²) in [5, 5.41) is 20.5. The van der Waals surface area contributed by atoms with E-state index in [0.29, 0.717) is 23.2 Å². The van der Waals surface area contributed by atoms with Crippen LogP contribution in [0, 0.1) is 0 Å². The molecule has 1 unspecified atom stereocenters. The standard InChI is InChI=1S/C21H28ClN5O3S/c1-26-20(10-19(25-26)14-2-3-14)24-21(29)23-16(13-28)8-9-27-11-18(12-27)31(30)17-6-4-15(22)5-7-17/h4-7,10,14,16,18,28H,2-3,8-9,11-13H2,1H3,(H2,23,24,29)/t16?,31-/m1/s1. The van der Waals surface area contributed by atoms with Crippen molar-refractivity contribution in [2.24, 2.45) is 7.05 Å². The molecule has 4 rings (SSSR count). The smallest absolute Gasteiger partial charge is 0.320 e. The van der Waals surface area contributed by atoms with Crippen LogP contribution in [0.3, 0.4) is 0 Å². The average molecular weight is 466 g/mol. The maximum atomic E-state index is 12.6. The molecule has 31 heavy (non-hydrogen) atoms. The van der Waals surface area contributed by atoms with Crippen LogP contribution in [-0.4, -0.2) is 67.9 Å². The molecule has 168 valence electrons. The predicted molar refractivity (Wildman–Crippen MR) is 121 cm³/mol. The number of hydrogen-bond donors (Lipinski definition) is 3. The second kappa shape index (κ2) is 9.79. The number of nitrogens with zero attached hydrogens (tertiary/aromatic N) is 3. The van der Waals surface area contributed by atoms with Gasteiger partial charge in [0.05, 0.1) is 18.3 Å². The van der Waals surface area contributed by atoms with Crippen molar-refractivity contribution in [3.63, 3.8) is 0 Å². The molecule has 2 atom stereocenters. The Hall–Kier alpha value is -1.78. The quantitative estimate of drug-likeness (QED) is 0.493. The van der Waals surface area contributed by atoms with Gasteiger partial charge in [-0.2, -0.15) is 5.10 Å². The Kier molecular flexibility index (Phi) is 7.08. The molecule has 0 radical (unpaired) electrons. The number of aryl methyl sites for hydroxylation is 1. The molecule has 1 aliphatic heterocycles. The van der Waals surface area contributed by atoms with E-state index in [2.05, 4.69) is 20.6 Å². The number of aliphatic hydroxyl groups is 1. The Labute approximate surface area is 190 Å². The topological polar surface area (TPSA) is 105 Å². The van der Waals surface area contributed by atoms with Crippen molar-refractivity contribution in [3.05, 3.63) is 41.0 Å². The molecular weight excluding hydrogens is 438 g/mol. The third kappa shape index (κ3) is 5.72. The molecule has 2 amide bonds. The molecule has 1 aliphatic carbocycles. The number of amides is 2. The van der Waals surface area contributed by atoms with Gasteiger partial charge in [0.2, 0.25) is 0 Å². The number of aliphatic hydroxyl groups excluding tert-OH is 1. The van der Waals surface area contributed by atoms with Crippen LogP contribution in [0.25, 0.3) is 0 Å². The van der Waals surface area contributed by atoms with E-state index in [0.717, 1.165) is 43.1 Å². The largest absolute Gasteiger partial charge is 0.611 e. The molecule has 1 aromatic carbocycles. The van der Waals surface area contributed by atoms with Gasteiger partial charge in [-0.3, -0.25) is 14.9 Å². The fourth-order valence-electron chi connectivity index (χ4n) is 3.67. The number of benzene rings is 1. The summed E-state index contributed by atoms with van der Waals surface area (Å²) in [4.78, 5) is 15.3. The van der Waals surface area contributed by atoms with E-state index in [9.17, 15) is 14.5 Å². The van der Waals surface area contributed by atoms with Crippen molar-refractivity contribution in [2.75, 3.05) is 31.6 Å². The first-order chi connectivity index (χ1) is 14.9. The van der Waals surface area contributed by atoms with E-state index in [1.165, 1.54) is 0 Å². The van der Waals surface area contributed by atoms with Gasteiger partial charge in [-0.15, -0.1) is 0 Å². The summed E-state index contributed by atoms with van der Waals surface area (Å²) in [5.41, 5.74) is 1.01. The number of carbonyl (C=O) groups is 1. The molecule has 2 aromatic rings. The van der Waals surface area contributed by atoms with E-state index in [1.807, 2.05) is 6.07 Å². The second-order valence-electron chi connectivity index (χ2n) is 8.25. The zero-order chi connectivity index (χ0) is 22.0. The lowest BCUT2D eigenvalue weighted by Crippen LogP contribution is -2.55. The number of anilines is 1. The number of halogens is 1. The maximum absolute atomic E-state index is 12.6. The highest BCUT2D eigenvalue weighted by Gasteiger charge is 2.37. The fourth-order valence-corrected chi connectivity index (χ4v) is 5.28. The fraction of sp³-hybridized carbons (Fsp3) is 0.524. The average Bonchev–Trinajstić information content (AvgIpc) is 3.50. The highest BCUT2D eigenvalue weighted by molar-refractivity contribution is 7.92. The minimum absolute atomic E-state index is 0.0931. The van der Waals surface area contributed by atoms with Crippen LogP contribution in [0.4, 0.5) is 10.6 Å². The van der Waals surface area contributed by atoms with E-state index in [1.54, 1.807) is 36.0 Å². The third-order valence-electron chi connectivity index (χ3n) is 5.76. The summed E-state index contributed by atoms with van der Waals surface area (Å²) < 4.78 is 14.3. The van der Waals surface area contributed by atoms with Crippen LogP contribution in [0.2, 0.25) is 5.02 Å². The van der Waals surface area contributed by atoms with Crippen molar-refractivity contribution < 1.29 is 14.5 Å². The highest BCUT2D eigenvalue weighted by Crippen LogP contribution is 2.39. The lowest BCUT2D eigenvalue weighted by Gasteiger charge is -2.39. The van der Waals surface area contributed by atoms with E-state index < -0.39 is 11.2 Å². The Morgan fingerprint density at radius 1 is 1.35 bits per heavy atom. The molecular formula is C21H28ClN5O3S. The summed E-state index contributed by atoms with van der Waals surface area (Å²) in [7, 11) is 1.80. The Morgan fingerprint density at radius 3 is 2.71 bits per heavy atom. The van der Waals surface area contributed by atoms with Gasteiger partial charge in [0.1, 0.15) is 11.1 Å². The van der Waals surface area contributed by atoms with Crippen LogP contribution in [0.5, 0.6) is 0 Å². The predicted octanol–water partition coefficient (Wildman–Crippen LogP) is 2.32. The van der Waals surface area contributed by atoms with E-state index in [4.69, 9.17) is 11.6 Å². The summed E-state index contributed by atoms with van der Waals surface area (Å²) in [6.45, 7) is 2.05. The molecule has 1 aromatic heterocycles. The van der Waals surface area contributed by atoms with Crippen molar-refractivity contribution >= 4 is 34.6 Å². The van der Waals surface area contributed by atoms with Gasteiger partial charge < -0.3 is 15.0 Å². The van der Waals surface area contributed by atoms with Crippen molar-refractivity contribution in [1.82, 2.24) is 20.0 Å². The van der Waals surface area contributed by atoms with Gasteiger partial charge in [0.25, 0.3) is 0 Å². The summed E-state index contributed by atoms with van der Waals surface area (Å²) in [6.07, 6.45) is 2.92. The van der Waals surface area contributed by atoms with Gasteiger partial charge in [-0.05, 0) is 54.7 Å². The first-order valence-corrected chi connectivity index (χ1v) is 12.1. The Morgan fingerprint density at radius 2 is 2.06 bits per heavy atom. The summed E-state index contributed by atoms with van der Waals surface area (Å²) >= 11 is 4.83. The maximum Gasteiger partial charge on any atom is 0.320 e. The molecule has 1 saturated carbocycles. The first kappa shape index (κ1) is 22.4. The number of urea groups is 1. The highest BCUT2D eigenvalue weighted by atomic mass is 35.5. The lowest BCUT2D eigenvalue weighted by atomic mass is 10.1. The molecule has 2 heterocycles. The lowest BCUT2D eigenvalue weighted by molar-refractivity contribution is 0.160. The molecule has 8 nitrogen and oxygen atoms in total. The summed E-state index contributed by atoms with van der Waals surface area (Å²) in [5.74, 6) is 1.16. The minimum atomic E-state index is -1.06. The Balaban J connectivity index is 1.18. The molecule has 1 saturated heterocycles. The van der Waals surface area contributed by atoms with Gasteiger partial charge >= 0.3 is 6.03 Å². The zero-order valence-electron chi connectivity index (χ0n) is 17.5. The molecule has 0 bridgehead atoms. The van der Waals surface area contributed by atoms with Crippen molar-refractivity contribution in [1.29, 1.82) is 0 Å². The molecule has 10 heteroatoms. The van der Waals surface area contributed by atoms with E-state index >= 15 is 0 Å². The summed E-state index contributed by atoms with van der Waals surface area (Å²) in [6, 6.07) is 8.33. The Bertz CT molecular complexity index is 899. The van der Waals surface area contributed by atoms with Crippen LogP contribution in [0.1, 0.15) is 30.9 Å². The van der Waals surface area contributed by atoms with Crippen LogP contribution >= 0.6 is 11.6 Å². The first-order valence-electron chi connectivity index (χ1n) is 10.5. The van der Waals surface area contributed by atoms with Crippen molar-refractivity contribution in [2.45, 2.75) is 41.4 Å². The van der Waals surface area contributed by atoms with Gasteiger partial charge in [-0.1, -0.05) is 11.6 Å². The van der Waals surface area contributed by atoms with Gasteiger partial charge in [0, 0.05) is 43.7 Å². The normalized spacial score (nSPS) is 19.0. The second-order valence-corrected chi connectivity index (χ2v) is 10.4. The van der Waals surface area contributed by atoms with Gasteiger partial charge in [0.15, 0.2) is 4.90 Å². The SMILES string of the molecule is Cn1nc(C2CC2)cc1NC(=O)NC(CO)CCN1CC([S@+]([O-])c2ccc(Cl)cc2)C1. The van der Waals surface area contributed by atoms with Crippen LogP contribution < -0.4 is 10.6 Å². The zero-order valence-corrected chi connectivity index (χ0v) is 19.0. The third-order valence-corrected chi connectivity index (χ3v) is 7.65. The number of aromatic nitrogens is 2. The molecule has 2 aliphatic rings. The monoisotopic (exact) mass is 465 g/mol. The van der Waals surface area contributed by atoms with Gasteiger partial charge in [-0.25, -0.2) is 4.79 Å². The molecule has 3 N–H and O–H groups in total. The number of likely N-dealkylation sites (tertiary alicyclic amines) is 1. The minimum Gasteiger partial charge on any atom is -0.611 e. The van der Waals surface area contributed by atoms with Crippen LogP contribution in [0.15, 0.2) is 35.2 Å². The van der Waals surface area contributed by atoms with Crippen molar-refractivity contribution in [3.8, 4) is 0 Å². The number of hydrogen-bond acceptors (Lipinski definition) is 5. The number of rotatable bonds is 9.